The summed E-state index contributed by atoms with van der Waals surface area (Å²) in [5, 5.41) is 8.85. The lowest BCUT2D eigenvalue weighted by molar-refractivity contribution is -0.117. The van der Waals surface area contributed by atoms with E-state index in [1.165, 1.54) is 0 Å². The number of rotatable bonds is 5. The highest BCUT2D eigenvalue weighted by Crippen LogP contribution is 2.30. The summed E-state index contributed by atoms with van der Waals surface area (Å²) in [6.45, 7) is 2.07. The lowest BCUT2D eigenvalue weighted by Crippen LogP contribution is -2.13. The van der Waals surface area contributed by atoms with Crippen molar-refractivity contribution in [2.45, 2.75) is 25.8 Å². The number of benzene rings is 2. The predicted octanol–water partition coefficient (Wildman–Crippen LogP) is 5.41. The average molecular weight is 366 g/mol. The van der Waals surface area contributed by atoms with Crippen LogP contribution < -0.4 is 10.6 Å². The van der Waals surface area contributed by atoms with E-state index in [1.54, 1.807) is 0 Å². The molecule has 3 aromatic rings. The molecule has 1 saturated carbocycles. The van der Waals surface area contributed by atoms with Crippen LogP contribution in [0, 0.1) is 5.92 Å². The van der Waals surface area contributed by atoms with Gasteiger partial charge in [0.15, 0.2) is 0 Å². The van der Waals surface area contributed by atoms with Gasteiger partial charge in [-0.15, -0.1) is 0 Å². The topological polar surface area (TPSA) is 54.0 Å². The van der Waals surface area contributed by atoms with Crippen LogP contribution in [-0.2, 0) is 4.79 Å². The lowest BCUT2D eigenvalue weighted by atomic mass is 10.1. The second-order valence-corrected chi connectivity index (χ2v) is 7.13. The summed E-state index contributed by atoms with van der Waals surface area (Å²) in [6, 6.07) is 17.9. The Labute approximate surface area is 157 Å². The summed E-state index contributed by atoms with van der Waals surface area (Å²) in [4.78, 5) is 16.3. The van der Waals surface area contributed by atoms with E-state index >= 15 is 0 Å². The van der Waals surface area contributed by atoms with Crippen LogP contribution in [0.25, 0.3) is 10.8 Å². The Bertz CT molecular complexity index is 951. The van der Waals surface area contributed by atoms with Crippen molar-refractivity contribution in [3.05, 3.63) is 65.3 Å². The molecule has 1 aromatic heterocycles. The fourth-order valence-corrected chi connectivity index (χ4v) is 3.24. The number of pyridine rings is 1. The number of hydrogen-bond acceptors (Lipinski definition) is 3. The molecule has 0 unspecified atom stereocenters. The molecule has 1 atom stereocenters. The molecule has 1 amide bonds. The van der Waals surface area contributed by atoms with Crippen LogP contribution in [0.1, 0.15) is 31.4 Å². The molecular weight excluding hydrogens is 346 g/mol. The van der Waals surface area contributed by atoms with Gasteiger partial charge in [0.1, 0.15) is 11.0 Å². The smallest absolute Gasteiger partial charge is 0.227 e. The van der Waals surface area contributed by atoms with E-state index in [-0.39, 0.29) is 17.9 Å². The maximum Gasteiger partial charge on any atom is 0.227 e. The van der Waals surface area contributed by atoms with Gasteiger partial charge in [-0.05, 0) is 48.9 Å². The number of aromatic nitrogens is 1. The SMILES string of the molecule is C[C@H](Nc1cc2ccccc2c(Cl)n1)c1ccc(NC(=O)C2CC2)cc1. The first-order chi connectivity index (χ1) is 12.6. The summed E-state index contributed by atoms with van der Waals surface area (Å²) < 4.78 is 0. The van der Waals surface area contributed by atoms with Gasteiger partial charge in [-0.2, -0.15) is 0 Å². The lowest BCUT2D eigenvalue weighted by Gasteiger charge is -2.16. The predicted molar refractivity (Wildman–Crippen MR) is 107 cm³/mol. The van der Waals surface area contributed by atoms with E-state index < -0.39 is 0 Å². The van der Waals surface area contributed by atoms with Gasteiger partial charge in [-0.3, -0.25) is 4.79 Å². The molecule has 0 saturated heterocycles. The average Bonchev–Trinajstić information content (AvgIpc) is 3.47. The first-order valence-corrected chi connectivity index (χ1v) is 9.20. The van der Waals surface area contributed by atoms with Gasteiger partial charge in [0.05, 0.1) is 0 Å². The molecule has 132 valence electrons. The Morgan fingerprint density at radius 3 is 2.62 bits per heavy atom. The van der Waals surface area contributed by atoms with Crippen molar-refractivity contribution >= 4 is 39.8 Å². The molecule has 1 aliphatic rings. The van der Waals surface area contributed by atoms with Crippen LogP contribution in [0.15, 0.2) is 54.6 Å². The van der Waals surface area contributed by atoms with E-state index in [0.717, 1.165) is 40.7 Å². The van der Waals surface area contributed by atoms with Crippen molar-refractivity contribution in [2.24, 2.45) is 5.92 Å². The molecule has 0 bridgehead atoms. The number of halogens is 1. The summed E-state index contributed by atoms with van der Waals surface area (Å²) in [7, 11) is 0. The van der Waals surface area contributed by atoms with Gasteiger partial charge in [-0.1, -0.05) is 48.0 Å². The Morgan fingerprint density at radius 2 is 1.88 bits per heavy atom. The molecular formula is C21H20ClN3O. The summed E-state index contributed by atoms with van der Waals surface area (Å²) in [5.41, 5.74) is 1.95. The fourth-order valence-electron chi connectivity index (χ4n) is 2.98. The van der Waals surface area contributed by atoms with Crippen molar-refractivity contribution in [1.29, 1.82) is 0 Å². The first-order valence-electron chi connectivity index (χ1n) is 8.83. The molecule has 1 heterocycles. The Morgan fingerprint density at radius 1 is 1.15 bits per heavy atom. The quantitative estimate of drug-likeness (QED) is 0.594. The Kier molecular flexibility index (Phi) is 4.51. The highest BCUT2D eigenvalue weighted by atomic mass is 35.5. The third-order valence-electron chi connectivity index (χ3n) is 4.68. The minimum Gasteiger partial charge on any atom is -0.363 e. The molecule has 2 N–H and O–H groups in total. The summed E-state index contributed by atoms with van der Waals surface area (Å²) >= 11 is 6.30. The molecule has 4 rings (SSSR count). The first kappa shape index (κ1) is 16.9. The van der Waals surface area contributed by atoms with E-state index in [9.17, 15) is 4.79 Å². The zero-order chi connectivity index (χ0) is 18.1. The van der Waals surface area contributed by atoms with Gasteiger partial charge >= 0.3 is 0 Å². The number of amides is 1. The van der Waals surface area contributed by atoms with Crippen LogP contribution in [0.5, 0.6) is 0 Å². The van der Waals surface area contributed by atoms with E-state index in [4.69, 9.17) is 11.6 Å². The third-order valence-corrected chi connectivity index (χ3v) is 4.97. The number of carbonyl (C=O) groups is 1. The highest BCUT2D eigenvalue weighted by Gasteiger charge is 2.29. The fraction of sp³-hybridized carbons (Fsp3) is 0.238. The van der Waals surface area contributed by atoms with E-state index in [2.05, 4.69) is 22.5 Å². The largest absolute Gasteiger partial charge is 0.363 e. The number of nitrogens with zero attached hydrogens (tertiary/aromatic N) is 1. The highest BCUT2D eigenvalue weighted by molar-refractivity contribution is 6.34. The number of anilines is 2. The molecule has 0 radical (unpaired) electrons. The normalized spacial score (nSPS) is 14.8. The van der Waals surface area contributed by atoms with Crippen molar-refractivity contribution in [2.75, 3.05) is 10.6 Å². The second kappa shape index (κ2) is 6.96. The third kappa shape index (κ3) is 3.65. The maximum atomic E-state index is 11.8. The molecule has 5 heteroatoms. The number of hydrogen-bond donors (Lipinski definition) is 2. The monoisotopic (exact) mass is 365 g/mol. The van der Waals surface area contributed by atoms with Crippen molar-refractivity contribution < 1.29 is 4.79 Å². The van der Waals surface area contributed by atoms with Crippen molar-refractivity contribution in [3.8, 4) is 0 Å². The summed E-state index contributed by atoms with van der Waals surface area (Å²) in [6.07, 6.45) is 2.01. The Balaban J connectivity index is 1.47. The van der Waals surface area contributed by atoms with Crippen LogP contribution in [-0.4, -0.2) is 10.9 Å². The maximum absolute atomic E-state index is 11.8. The van der Waals surface area contributed by atoms with Crippen molar-refractivity contribution in [3.63, 3.8) is 0 Å². The molecule has 0 spiro atoms. The van der Waals surface area contributed by atoms with Crippen LogP contribution in [0.2, 0.25) is 5.15 Å². The molecule has 1 fully saturated rings. The number of nitrogens with one attached hydrogen (secondary N) is 2. The molecule has 26 heavy (non-hydrogen) atoms. The zero-order valence-corrected chi connectivity index (χ0v) is 15.3. The van der Waals surface area contributed by atoms with Crippen LogP contribution in [0.3, 0.4) is 0 Å². The minimum absolute atomic E-state index is 0.0629. The molecule has 4 nitrogen and oxygen atoms in total. The van der Waals surface area contributed by atoms with Crippen molar-refractivity contribution in [1.82, 2.24) is 4.98 Å². The second-order valence-electron chi connectivity index (χ2n) is 6.77. The van der Waals surface area contributed by atoms with Gasteiger partial charge in [0, 0.05) is 23.0 Å². The minimum atomic E-state index is 0.0629. The molecule has 0 aliphatic heterocycles. The van der Waals surface area contributed by atoms with Gasteiger partial charge in [0.25, 0.3) is 0 Å². The number of fused-ring (bicyclic) bond motifs is 1. The van der Waals surface area contributed by atoms with E-state index in [1.807, 2.05) is 54.6 Å². The Hall–Kier alpha value is -2.59. The molecule has 2 aromatic carbocycles. The number of carbonyl (C=O) groups excluding carboxylic acids is 1. The van der Waals surface area contributed by atoms with Gasteiger partial charge in [-0.25, -0.2) is 4.98 Å². The zero-order valence-electron chi connectivity index (χ0n) is 14.5. The molecule has 1 aliphatic carbocycles. The van der Waals surface area contributed by atoms with E-state index in [0.29, 0.717) is 5.15 Å². The van der Waals surface area contributed by atoms with Gasteiger partial charge < -0.3 is 10.6 Å². The summed E-state index contributed by atoms with van der Waals surface area (Å²) in [5.74, 6) is 1.07. The standard InChI is InChI=1S/C21H20ClN3O/c1-13(14-8-10-17(11-9-14)24-21(26)15-6-7-15)23-19-12-16-4-2-3-5-18(16)20(22)25-19/h2-5,8-13,15H,6-7H2,1H3,(H,23,25)(H,24,26)/t13-/m0/s1. The van der Waals surface area contributed by atoms with Crippen LogP contribution in [0.4, 0.5) is 11.5 Å². The van der Waals surface area contributed by atoms with Gasteiger partial charge in [0.2, 0.25) is 5.91 Å². The van der Waals surface area contributed by atoms with Crippen LogP contribution >= 0.6 is 11.6 Å².